The Labute approximate surface area is 133 Å². The topological polar surface area (TPSA) is 47.6 Å². The van der Waals surface area contributed by atoms with Crippen LogP contribution in [0, 0.1) is 0 Å². The molecule has 10 heteroatoms. The van der Waals surface area contributed by atoms with Crippen LogP contribution in [0.3, 0.4) is 0 Å². The summed E-state index contributed by atoms with van der Waals surface area (Å²) in [5, 5.41) is 2.41. The third kappa shape index (κ3) is 6.26. The minimum atomic E-state index is -4.98. The number of ether oxygens (including phenoxy) is 2. The highest BCUT2D eigenvalue weighted by Crippen LogP contribution is 2.38. The summed E-state index contributed by atoms with van der Waals surface area (Å²) in [6, 6.07) is 0.397. The summed E-state index contributed by atoms with van der Waals surface area (Å²) in [5.41, 5.74) is -3.03. The van der Waals surface area contributed by atoms with Crippen molar-refractivity contribution < 1.29 is 40.6 Å². The number of amides is 1. The lowest BCUT2D eigenvalue weighted by Crippen LogP contribution is -2.38. The number of alkyl halides is 6. The zero-order valence-electron chi connectivity index (χ0n) is 12.7. The molecule has 0 aliphatic heterocycles. The predicted molar refractivity (Wildman–Crippen MR) is 71.4 cm³/mol. The molecular weight excluding hydrogens is 344 g/mol. The fourth-order valence-corrected chi connectivity index (χ4v) is 1.77. The molecule has 0 aliphatic carbocycles. The average Bonchev–Trinajstić information content (AvgIpc) is 2.43. The first-order valence-electron chi connectivity index (χ1n) is 6.64. The van der Waals surface area contributed by atoms with E-state index in [0.717, 1.165) is 0 Å². The molecule has 0 saturated carbocycles. The minimum Gasteiger partial charge on any atom is -0.484 e. The van der Waals surface area contributed by atoms with E-state index >= 15 is 0 Å². The van der Waals surface area contributed by atoms with Gasteiger partial charge in [0.1, 0.15) is 5.75 Å². The van der Waals surface area contributed by atoms with Gasteiger partial charge in [-0.05, 0) is 25.1 Å². The molecule has 0 bridgehead atoms. The van der Waals surface area contributed by atoms with Crippen LogP contribution in [0.15, 0.2) is 18.2 Å². The second-order valence-electron chi connectivity index (χ2n) is 4.95. The summed E-state index contributed by atoms with van der Waals surface area (Å²) in [6.45, 7) is 1.06. The van der Waals surface area contributed by atoms with Crippen LogP contribution in [0.1, 0.15) is 18.1 Å². The van der Waals surface area contributed by atoms with Gasteiger partial charge in [-0.2, -0.15) is 26.3 Å². The second-order valence-corrected chi connectivity index (χ2v) is 4.95. The summed E-state index contributed by atoms with van der Waals surface area (Å²) in [6.07, 6.45) is -9.96. The number of rotatable bonds is 6. The SMILES string of the molecule is COCC(C)NC(=O)COc1cc(C(F)(F)F)cc(C(F)(F)F)c1. The van der Waals surface area contributed by atoms with Gasteiger partial charge in [-0.3, -0.25) is 4.79 Å². The number of halogens is 6. The van der Waals surface area contributed by atoms with E-state index < -0.39 is 47.8 Å². The molecule has 1 aromatic rings. The monoisotopic (exact) mass is 359 g/mol. The quantitative estimate of drug-likeness (QED) is 0.794. The fraction of sp³-hybridized carbons (Fsp3) is 0.500. The molecular formula is C14H15F6NO3. The van der Waals surface area contributed by atoms with E-state index in [-0.39, 0.29) is 12.7 Å². The molecule has 0 heterocycles. The Bertz CT molecular complexity index is 538. The highest BCUT2D eigenvalue weighted by atomic mass is 19.4. The molecule has 0 aromatic heterocycles. The lowest BCUT2D eigenvalue weighted by molar-refractivity contribution is -0.143. The van der Waals surface area contributed by atoms with Gasteiger partial charge in [0, 0.05) is 13.2 Å². The van der Waals surface area contributed by atoms with Crippen molar-refractivity contribution in [2.75, 3.05) is 20.3 Å². The van der Waals surface area contributed by atoms with Crippen LogP contribution < -0.4 is 10.1 Å². The second kappa shape index (κ2) is 7.73. The third-order valence-electron chi connectivity index (χ3n) is 2.76. The average molecular weight is 359 g/mol. The van der Waals surface area contributed by atoms with Crippen molar-refractivity contribution >= 4 is 5.91 Å². The van der Waals surface area contributed by atoms with E-state index in [9.17, 15) is 31.1 Å². The van der Waals surface area contributed by atoms with Crippen molar-refractivity contribution in [3.63, 3.8) is 0 Å². The summed E-state index contributed by atoms with van der Waals surface area (Å²) in [5.74, 6) is -1.41. The van der Waals surface area contributed by atoms with Crippen LogP contribution in [0.5, 0.6) is 5.75 Å². The van der Waals surface area contributed by atoms with Crippen molar-refractivity contribution in [1.82, 2.24) is 5.32 Å². The van der Waals surface area contributed by atoms with E-state index in [1.807, 2.05) is 0 Å². The van der Waals surface area contributed by atoms with Gasteiger partial charge >= 0.3 is 12.4 Å². The summed E-state index contributed by atoms with van der Waals surface area (Å²) in [7, 11) is 1.40. The Morgan fingerprint density at radius 2 is 1.58 bits per heavy atom. The zero-order valence-corrected chi connectivity index (χ0v) is 12.7. The maximum absolute atomic E-state index is 12.7. The molecule has 24 heavy (non-hydrogen) atoms. The van der Waals surface area contributed by atoms with Crippen molar-refractivity contribution in [1.29, 1.82) is 0 Å². The maximum atomic E-state index is 12.7. The van der Waals surface area contributed by atoms with E-state index in [4.69, 9.17) is 9.47 Å². The normalized spacial score (nSPS) is 13.5. The Balaban J connectivity index is 2.89. The van der Waals surface area contributed by atoms with E-state index in [1.54, 1.807) is 6.92 Å². The standard InChI is InChI=1S/C14H15F6NO3/c1-8(6-23-2)21-12(22)7-24-11-4-9(13(15,16)17)3-10(5-11)14(18,19)20/h3-5,8H,6-7H2,1-2H3,(H,21,22). The lowest BCUT2D eigenvalue weighted by atomic mass is 10.1. The number of hydrogen-bond donors (Lipinski definition) is 1. The Hall–Kier alpha value is -1.97. The summed E-state index contributed by atoms with van der Waals surface area (Å²) < 4.78 is 85.6. The number of benzene rings is 1. The van der Waals surface area contributed by atoms with Crippen LogP contribution in [-0.4, -0.2) is 32.3 Å². The van der Waals surface area contributed by atoms with E-state index in [2.05, 4.69) is 5.32 Å². The number of carbonyl (C=O) groups excluding carboxylic acids is 1. The number of methoxy groups -OCH3 is 1. The minimum absolute atomic E-state index is 0.0202. The van der Waals surface area contributed by atoms with Crippen LogP contribution in [-0.2, 0) is 21.9 Å². The Morgan fingerprint density at radius 3 is 2.00 bits per heavy atom. The van der Waals surface area contributed by atoms with Crippen molar-refractivity contribution in [2.24, 2.45) is 0 Å². The van der Waals surface area contributed by atoms with Gasteiger partial charge in [0.25, 0.3) is 5.91 Å². The molecule has 0 aliphatic rings. The zero-order chi connectivity index (χ0) is 18.5. The summed E-state index contributed by atoms with van der Waals surface area (Å²) >= 11 is 0. The smallest absolute Gasteiger partial charge is 0.416 e. The molecule has 1 aromatic carbocycles. The number of carbonyl (C=O) groups is 1. The first-order valence-corrected chi connectivity index (χ1v) is 6.64. The third-order valence-corrected chi connectivity index (χ3v) is 2.76. The molecule has 0 radical (unpaired) electrons. The van der Waals surface area contributed by atoms with Gasteiger partial charge in [-0.1, -0.05) is 0 Å². The Morgan fingerprint density at radius 1 is 1.08 bits per heavy atom. The molecule has 0 fully saturated rings. The largest absolute Gasteiger partial charge is 0.484 e. The van der Waals surface area contributed by atoms with Gasteiger partial charge in [-0.15, -0.1) is 0 Å². The lowest BCUT2D eigenvalue weighted by Gasteiger charge is -2.16. The van der Waals surface area contributed by atoms with Crippen LogP contribution in [0.4, 0.5) is 26.3 Å². The fourth-order valence-electron chi connectivity index (χ4n) is 1.77. The van der Waals surface area contributed by atoms with E-state index in [1.165, 1.54) is 7.11 Å². The molecule has 1 rings (SSSR count). The molecule has 136 valence electrons. The Kier molecular flexibility index (Phi) is 6.47. The van der Waals surface area contributed by atoms with Gasteiger partial charge in [-0.25, -0.2) is 0 Å². The van der Waals surface area contributed by atoms with Gasteiger partial charge in [0.15, 0.2) is 6.61 Å². The molecule has 1 atom stereocenters. The van der Waals surface area contributed by atoms with Crippen molar-refractivity contribution in [2.45, 2.75) is 25.3 Å². The first-order chi connectivity index (χ1) is 10.9. The van der Waals surface area contributed by atoms with Crippen LogP contribution >= 0.6 is 0 Å². The maximum Gasteiger partial charge on any atom is 0.416 e. The molecule has 4 nitrogen and oxygen atoms in total. The molecule has 1 amide bonds. The molecule has 1 unspecified atom stereocenters. The number of nitrogens with one attached hydrogen (secondary N) is 1. The first kappa shape index (κ1) is 20.1. The molecule has 1 N–H and O–H groups in total. The molecule has 0 saturated heterocycles. The van der Waals surface area contributed by atoms with Crippen LogP contribution in [0.2, 0.25) is 0 Å². The van der Waals surface area contributed by atoms with Crippen molar-refractivity contribution in [3.05, 3.63) is 29.3 Å². The van der Waals surface area contributed by atoms with Gasteiger partial charge < -0.3 is 14.8 Å². The van der Waals surface area contributed by atoms with Gasteiger partial charge in [0.2, 0.25) is 0 Å². The highest BCUT2D eigenvalue weighted by Gasteiger charge is 2.37. The summed E-state index contributed by atoms with van der Waals surface area (Å²) in [4.78, 5) is 11.5. The van der Waals surface area contributed by atoms with E-state index in [0.29, 0.717) is 12.1 Å². The van der Waals surface area contributed by atoms with Crippen LogP contribution in [0.25, 0.3) is 0 Å². The predicted octanol–water partition coefficient (Wildman–Crippen LogP) is 3.25. The highest BCUT2D eigenvalue weighted by molar-refractivity contribution is 5.77. The molecule has 0 spiro atoms. The van der Waals surface area contributed by atoms with Crippen molar-refractivity contribution in [3.8, 4) is 5.75 Å². The van der Waals surface area contributed by atoms with Gasteiger partial charge in [0.05, 0.1) is 17.7 Å². The number of hydrogen-bond acceptors (Lipinski definition) is 3.